The second-order valence-corrected chi connectivity index (χ2v) is 19.5. The number of ether oxygens (including phenoxy) is 3. The van der Waals surface area contributed by atoms with Gasteiger partial charge < -0.3 is 14.2 Å². The molecule has 5 aromatic rings. The largest absolute Gasteiger partial charge is 0.482 e. The average molecular weight is 783 g/mol. The van der Waals surface area contributed by atoms with Gasteiger partial charge in [-0.2, -0.15) is 5.26 Å². The minimum absolute atomic E-state index is 0.0290. The van der Waals surface area contributed by atoms with Gasteiger partial charge in [0.1, 0.15) is 29.6 Å². The van der Waals surface area contributed by atoms with E-state index in [1.165, 1.54) is 94.2 Å². The molecule has 5 aromatic carbocycles. The molecule has 0 radical (unpaired) electrons. The summed E-state index contributed by atoms with van der Waals surface area (Å²) in [5.41, 5.74) is 4.91. The van der Waals surface area contributed by atoms with Crippen molar-refractivity contribution in [2.24, 2.45) is 34.5 Å². The minimum Gasteiger partial charge on any atom is -0.482 e. The Hall–Kier alpha value is -5.61. The van der Waals surface area contributed by atoms with Crippen LogP contribution in [0.25, 0.3) is 0 Å². The van der Waals surface area contributed by atoms with Gasteiger partial charge >= 0.3 is 5.69 Å². The monoisotopic (exact) mass is 782 g/mol. The zero-order valence-electron chi connectivity index (χ0n) is 33.5. The summed E-state index contributed by atoms with van der Waals surface area (Å²) in [6.45, 7) is 0.232. The van der Waals surface area contributed by atoms with Gasteiger partial charge in [-0.05, 0) is 160 Å². The third-order valence-electron chi connectivity index (χ3n) is 16.0. The van der Waals surface area contributed by atoms with Gasteiger partial charge in [-0.15, -0.1) is 0 Å². The number of rotatable bonds is 11. The van der Waals surface area contributed by atoms with E-state index in [2.05, 4.69) is 54.6 Å². The molecule has 0 amide bonds. The van der Waals surface area contributed by atoms with Crippen LogP contribution in [0.4, 0.5) is 5.69 Å². The first-order chi connectivity index (χ1) is 28.7. The highest BCUT2D eigenvalue weighted by atomic mass is 16.6. The van der Waals surface area contributed by atoms with Crippen LogP contribution in [0.15, 0.2) is 121 Å². The van der Waals surface area contributed by atoms with Gasteiger partial charge in [-0.1, -0.05) is 66.7 Å². The minimum atomic E-state index is -0.386. The van der Waals surface area contributed by atoms with Crippen LogP contribution in [-0.4, -0.2) is 4.92 Å². The van der Waals surface area contributed by atoms with Crippen LogP contribution in [0, 0.1) is 55.9 Å². The van der Waals surface area contributed by atoms with E-state index in [1.54, 1.807) is 12.1 Å². The molecule has 4 unspecified atom stereocenters. The first-order valence-electron chi connectivity index (χ1n) is 21.7. The zero-order chi connectivity index (χ0) is 39.8. The molecule has 8 bridgehead atoms. The molecule has 0 saturated heterocycles. The van der Waals surface area contributed by atoms with Gasteiger partial charge in [0, 0.05) is 34.1 Å². The Kier molecular flexibility index (Phi) is 8.49. The highest BCUT2D eigenvalue weighted by Crippen LogP contribution is 2.79. The zero-order valence-corrected chi connectivity index (χ0v) is 33.5. The maximum absolute atomic E-state index is 12.1. The Morgan fingerprint density at radius 2 is 1.08 bits per heavy atom. The van der Waals surface area contributed by atoms with Crippen LogP contribution >= 0.6 is 0 Å². The van der Waals surface area contributed by atoms with Gasteiger partial charge in [-0.3, -0.25) is 10.1 Å². The summed E-state index contributed by atoms with van der Waals surface area (Å²) in [5.74, 6) is 6.27. The molecule has 8 aliphatic rings. The topological polar surface area (TPSA) is 94.6 Å². The first-order valence-corrected chi connectivity index (χ1v) is 21.7. The second kappa shape index (κ2) is 13.7. The van der Waals surface area contributed by atoms with Crippen molar-refractivity contribution in [2.45, 2.75) is 94.5 Å². The predicted octanol–water partition coefficient (Wildman–Crippen LogP) is 13.0. The van der Waals surface area contributed by atoms with Crippen LogP contribution in [0.2, 0.25) is 0 Å². The van der Waals surface area contributed by atoms with Crippen molar-refractivity contribution in [3.8, 4) is 34.8 Å². The molecule has 0 heterocycles. The van der Waals surface area contributed by atoms with Crippen LogP contribution in [0.5, 0.6) is 28.7 Å². The number of hydrogen-bond acceptors (Lipinski definition) is 6. The molecular weight excluding hydrogens is 733 g/mol. The van der Waals surface area contributed by atoms with Crippen molar-refractivity contribution in [3.05, 3.63) is 154 Å². The third kappa shape index (κ3) is 6.12. The maximum atomic E-state index is 12.1. The Morgan fingerprint density at radius 3 is 1.61 bits per heavy atom. The third-order valence-corrected chi connectivity index (χ3v) is 16.0. The van der Waals surface area contributed by atoms with E-state index in [1.807, 2.05) is 54.6 Å². The Morgan fingerprint density at radius 1 is 0.593 bits per heavy atom. The lowest BCUT2D eigenvalue weighted by molar-refractivity contribution is -0.386. The van der Waals surface area contributed by atoms with E-state index in [-0.39, 0.29) is 39.2 Å². The molecular formula is C52H50N2O5. The number of nitriles is 1. The summed E-state index contributed by atoms with van der Waals surface area (Å²) in [5, 5.41) is 21.4. The SMILES string of the molecule is N#Cc1ccc(Oc2ccccc2C23CC4CC(C2)CC(C25CC6CC(CC(c7ccccc7Oc7ccc([N+](=O)[O-])c(OCc8ccccc8)c7)(C6)C2)C5)(C4)C3)cc1. The smallest absolute Gasteiger partial charge is 0.311 e. The van der Waals surface area contributed by atoms with Gasteiger partial charge in [0.05, 0.1) is 16.6 Å². The van der Waals surface area contributed by atoms with Gasteiger partial charge in [0.25, 0.3) is 0 Å². The quantitative estimate of drug-likeness (QED) is 0.0978. The molecule has 0 spiro atoms. The Labute approximate surface area is 346 Å². The first kappa shape index (κ1) is 36.5. The summed E-state index contributed by atoms with van der Waals surface area (Å²) >= 11 is 0. The summed E-state index contributed by atoms with van der Waals surface area (Å²) in [4.78, 5) is 11.7. The van der Waals surface area contributed by atoms with Crippen molar-refractivity contribution in [2.75, 3.05) is 0 Å². The van der Waals surface area contributed by atoms with E-state index in [9.17, 15) is 15.4 Å². The van der Waals surface area contributed by atoms with Gasteiger partial charge in [-0.25, -0.2) is 0 Å². The molecule has 0 aromatic heterocycles. The van der Waals surface area contributed by atoms with Crippen molar-refractivity contribution in [1.82, 2.24) is 0 Å². The lowest BCUT2D eigenvalue weighted by atomic mass is 9.30. The molecule has 8 aliphatic carbocycles. The fourth-order valence-electron chi connectivity index (χ4n) is 14.8. The highest BCUT2D eigenvalue weighted by Gasteiger charge is 2.70. The van der Waals surface area contributed by atoms with Crippen LogP contribution in [0.3, 0.4) is 0 Å². The highest BCUT2D eigenvalue weighted by molar-refractivity contribution is 5.53. The molecule has 59 heavy (non-hydrogen) atoms. The normalized spacial score (nSPS) is 32.1. The number of benzene rings is 5. The Bertz CT molecular complexity index is 2440. The average Bonchev–Trinajstić information content (AvgIpc) is 3.23. The number of nitro groups is 1. The summed E-state index contributed by atoms with van der Waals surface area (Å²) in [6, 6.07) is 41.9. The van der Waals surface area contributed by atoms with Gasteiger partial charge in [0.2, 0.25) is 5.75 Å². The Balaban J connectivity index is 0.921. The molecule has 7 heteroatoms. The maximum Gasteiger partial charge on any atom is 0.311 e. The predicted molar refractivity (Wildman–Crippen MR) is 226 cm³/mol. The van der Waals surface area contributed by atoms with E-state index in [4.69, 9.17) is 14.2 Å². The fourth-order valence-corrected chi connectivity index (χ4v) is 14.8. The van der Waals surface area contributed by atoms with Gasteiger partial charge in [0.15, 0.2) is 0 Å². The lowest BCUT2D eigenvalue weighted by Gasteiger charge is -2.74. The van der Waals surface area contributed by atoms with Crippen LogP contribution in [-0.2, 0) is 17.4 Å². The van der Waals surface area contributed by atoms with Crippen molar-refractivity contribution in [1.29, 1.82) is 5.26 Å². The standard InChI is InChI=1S/C52H50N2O5/c53-31-35-14-16-41(17-15-35)58-46-12-6-4-10-43(46)49-23-37-20-38(24-49)28-51(27-37,33-49)52-29-39-21-40(30-52)26-50(25-39,34-52)44-11-5-7-13-47(44)59-42-18-19-45(54(55)56)48(22-42)57-32-36-8-2-1-3-9-36/h1-19,22,37-40H,20-21,23-30,32-34H2. The molecule has 13 rings (SSSR count). The second-order valence-electron chi connectivity index (χ2n) is 19.5. The van der Waals surface area contributed by atoms with Crippen LogP contribution < -0.4 is 14.2 Å². The van der Waals surface area contributed by atoms with E-state index >= 15 is 0 Å². The molecule has 0 N–H and O–H groups in total. The molecule has 4 atom stereocenters. The molecule has 7 nitrogen and oxygen atoms in total. The number of nitro benzene ring substituents is 1. The fraction of sp³-hybridized carbons (Fsp3) is 0.404. The number of para-hydroxylation sites is 2. The van der Waals surface area contributed by atoms with Crippen LogP contribution in [0.1, 0.15) is 99.3 Å². The number of nitrogens with zero attached hydrogens (tertiary/aromatic N) is 2. The van der Waals surface area contributed by atoms with Crippen molar-refractivity contribution in [3.63, 3.8) is 0 Å². The molecule has 298 valence electrons. The molecule has 8 fully saturated rings. The number of hydrogen-bond donors (Lipinski definition) is 0. The molecule has 8 saturated carbocycles. The van der Waals surface area contributed by atoms with Crippen molar-refractivity contribution >= 4 is 5.69 Å². The van der Waals surface area contributed by atoms with E-state index in [0.717, 1.165) is 34.6 Å². The lowest BCUT2D eigenvalue weighted by Crippen LogP contribution is -2.66. The summed E-state index contributed by atoms with van der Waals surface area (Å²) in [7, 11) is 0. The summed E-state index contributed by atoms with van der Waals surface area (Å²) in [6.07, 6.45) is 15.4. The summed E-state index contributed by atoms with van der Waals surface area (Å²) < 4.78 is 19.6. The van der Waals surface area contributed by atoms with E-state index in [0.29, 0.717) is 28.6 Å². The van der Waals surface area contributed by atoms with E-state index < -0.39 is 0 Å². The van der Waals surface area contributed by atoms with Crippen molar-refractivity contribution < 1.29 is 19.1 Å². The molecule has 0 aliphatic heterocycles.